The van der Waals surface area contributed by atoms with E-state index in [0.717, 1.165) is 0 Å². The van der Waals surface area contributed by atoms with Gasteiger partial charge < -0.3 is 15.0 Å². The van der Waals surface area contributed by atoms with Crippen molar-refractivity contribution in [3.63, 3.8) is 0 Å². The summed E-state index contributed by atoms with van der Waals surface area (Å²) in [4.78, 5) is 26.7. The van der Waals surface area contributed by atoms with Crippen molar-refractivity contribution in [2.45, 2.75) is 18.9 Å². The number of ether oxygens (including phenoxy) is 1. The van der Waals surface area contributed by atoms with Gasteiger partial charge in [-0.05, 0) is 55.3 Å². The molecule has 0 unspecified atom stereocenters. The number of rotatable bonds is 4. The molecule has 1 fully saturated rings. The first-order valence-corrected chi connectivity index (χ1v) is 9.43. The summed E-state index contributed by atoms with van der Waals surface area (Å²) in [5.41, 5.74) is 1.11. The van der Waals surface area contributed by atoms with Crippen LogP contribution in [0.3, 0.4) is 0 Å². The van der Waals surface area contributed by atoms with Crippen molar-refractivity contribution in [1.29, 1.82) is 0 Å². The topological polar surface area (TPSA) is 58.6 Å². The SMILES string of the molecule is COc1ccc(C(=O)NC2CCN(C(=O)c3ccc(Cl)c(Cl)c3)CC2)cc1. The molecule has 0 saturated carbocycles. The van der Waals surface area contributed by atoms with Crippen LogP contribution in [0.2, 0.25) is 10.0 Å². The summed E-state index contributed by atoms with van der Waals surface area (Å²) in [5.74, 6) is 0.515. The van der Waals surface area contributed by atoms with Crippen LogP contribution in [-0.2, 0) is 0 Å². The predicted molar refractivity (Wildman–Crippen MR) is 106 cm³/mol. The zero-order valence-corrected chi connectivity index (χ0v) is 16.4. The lowest BCUT2D eigenvalue weighted by Gasteiger charge is -2.32. The summed E-state index contributed by atoms with van der Waals surface area (Å²) < 4.78 is 5.10. The molecule has 5 nitrogen and oxygen atoms in total. The third-order valence-electron chi connectivity index (χ3n) is 4.64. The molecule has 0 aromatic heterocycles. The van der Waals surface area contributed by atoms with Crippen molar-refractivity contribution < 1.29 is 14.3 Å². The van der Waals surface area contributed by atoms with E-state index in [1.54, 1.807) is 54.5 Å². The van der Waals surface area contributed by atoms with Crippen molar-refractivity contribution in [1.82, 2.24) is 10.2 Å². The third-order valence-corrected chi connectivity index (χ3v) is 5.38. The maximum Gasteiger partial charge on any atom is 0.253 e. The summed E-state index contributed by atoms with van der Waals surface area (Å²) in [7, 11) is 1.59. The van der Waals surface area contributed by atoms with Crippen LogP contribution in [0.1, 0.15) is 33.6 Å². The van der Waals surface area contributed by atoms with Crippen LogP contribution in [0.4, 0.5) is 0 Å². The van der Waals surface area contributed by atoms with Crippen LogP contribution in [0.15, 0.2) is 42.5 Å². The van der Waals surface area contributed by atoms with E-state index >= 15 is 0 Å². The van der Waals surface area contributed by atoms with Gasteiger partial charge in [0.15, 0.2) is 0 Å². The summed E-state index contributed by atoms with van der Waals surface area (Å²) in [5, 5.41) is 3.82. The Hall–Kier alpha value is -2.24. The van der Waals surface area contributed by atoms with Crippen molar-refractivity contribution in [2.24, 2.45) is 0 Å². The second-order valence-electron chi connectivity index (χ2n) is 6.40. The highest BCUT2D eigenvalue weighted by molar-refractivity contribution is 6.42. The number of nitrogens with zero attached hydrogens (tertiary/aromatic N) is 1. The Balaban J connectivity index is 1.54. The molecular formula is C20H20Cl2N2O3. The number of carbonyl (C=O) groups excluding carboxylic acids is 2. The van der Waals surface area contributed by atoms with Crippen molar-refractivity contribution in [3.8, 4) is 5.75 Å². The van der Waals surface area contributed by atoms with Gasteiger partial charge in [0.2, 0.25) is 0 Å². The van der Waals surface area contributed by atoms with Crippen LogP contribution in [0, 0.1) is 0 Å². The fourth-order valence-corrected chi connectivity index (χ4v) is 3.35. The number of hydrogen-bond acceptors (Lipinski definition) is 3. The second-order valence-corrected chi connectivity index (χ2v) is 7.21. The lowest BCUT2D eigenvalue weighted by Crippen LogP contribution is -2.46. The molecule has 1 heterocycles. The van der Waals surface area contributed by atoms with Crippen molar-refractivity contribution >= 4 is 35.0 Å². The molecule has 142 valence electrons. The fourth-order valence-electron chi connectivity index (χ4n) is 3.05. The Labute approximate surface area is 168 Å². The Kier molecular flexibility index (Phi) is 6.24. The Morgan fingerprint density at radius 2 is 1.63 bits per heavy atom. The molecule has 2 aromatic rings. The van der Waals surface area contributed by atoms with Crippen LogP contribution in [0.5, 0.6) is 5.75 Å². The normalized spacial score (nSPS) is 14.7. The maximum absolute atomic E-state index is 12.6. The van der Waals surface area contributed by atoms with Gasteiger partial charge in [0.05, 0.1) is 17.2 Å². The summed E-state index contributed by atoms with van der Waals surface area (Å²) in [6.45, 7) is 1.15. The molecule has 0 radical (unpaired) electrons. The van der Waals surface area contributed by atoms with E-state index < -0.39 is 0 Å². The predicted octanol–water partition coefficient (Wildman–Crippen LogP) is 4.04. The largest absolute Gasteiger partial charge is 0.497 e. The molecule has 3 rings (SSSR count). The van der Waals surface area contributed by atoms with Gasteiger partial charge in [0.25, 0.3) is 11.8 Å². The summed E-state index contributed by atoms with van der Waals surface area (Å²) >= 11 is 11.9. The number of likely N-dealkylation sites (tertiary alicyclic amines) is 1. The molecule has 27 heavy (non-hydrogen) atoms. The Morgan fingerprint density at radius 1 is 1.00 bits per heavy atom. The average Bonchev–Trinajstić information content (AvgIpc) is 2.70. The molecule has 0 spiro atoms. The highest BCUT2D eigenvalue weighted by Crippen LogP contribution is 2.24. The minimum Gasteiger partial charge on any atom is -0.497 e. The highest BCUT2D eigenvalue weighted by Gasteiger charge is 2.25. The summed E-state index contributed by atoms with van der Waals surface area (Å²) in [6.07, 6.45) is 1.41. The van der Waals surface area contributed by atoms with Crippen LogP contribution < -0.4 is 10.1 Å². The molecule has 7 heteroatoms. The van der Waals surface area contributed by atoms with Crippen molar-refractivity contribution in [2.75, 3.05) is 20.2 Å². The number of halogens is 2. The first-order chi connectivity index (χ1) is 13.0. The van der Waals surface area contributed by atoms with E-state index in [9.17, 15) is 9.59 Å². The number of nitrogens with one attached hydrogen (secondary N) is 1. The number of hydrogen-bond donors (Lipinski definition) is 1. The molecule has 1 N–H and O–H groups in total. The number of methoxy groups -OCH3 is 1. The number of carbonyl (C=O) groups is 2. The van der Waals surface area contributed by atoms with Crippen LogP contribution in [-0.4, -0.2) is 43.0 Å². The smallest absolute Gasteiger partial charge is 0.253 e. The molecule has 2 aromatic carbocycles. The lowest BCUT2D eigenvalue weighted by molar-refractivity contribution is 0.0698. The quantitative estimate of drug-likeness (QED) is 0.833. The van der Waals surface area contributed by atoms with Gasteiger partial charge in [-0.15, -0.1) is 0 Å². The van der Waals surface area contributed by atoms with E-state index in [2.05, 4.69) is 5.32 Å². The lowest BCUT2D eigenvalue weighted by atomic mass is 10.0. The minimum atomic E-state index is -0.119. The van der Waals surface area contributed by atoms with E-state index in [1.165, 1.54) is 0 Å². The molecular weight excluding hydrogens is 387 g/mol. The van der Waals surface area contributed by atoms with Gasteiger partial charge >= 0.3 is 0 Å². The fraction of sp³-hybridized carbons (Fsp3) is 0.300. The Bertz CT molecular complexity index is 832. The van der Waals surface area contributed by atoms with E-state index in [4.69, 9.17) is 27.9 Å². The van der Waals surface area contributed by atoms with Gasteiger partial charge in [-0.3, -0.25) is 9.59 Å². The highest BCUT2D eigenvalue weighted by atomic mass is 35.5. The third kappa shape index (κ3) is 4.73. The average molecular weight is 407 g/mol. The molecule has 1 saturated heterocycles. The number of amides is 2. The van der Waals surface area contributed by atoms with E-state index in [0.29, 0.717) is 52.9 Å². The monoisotopic (exact) mass is 406 g/mol. The van der Waals surface area contributed by atoms with Gasteiger partial charge in [-0.1, -0.05) is 23.2 Å². The van der Waals surface area contributed by atoms with Gasteiger partial charge in [-0.25, -0.2) is 0 Å². The first kappa shape index (κ1) is 19.5. The summed E-state index contributed by atoms with van der Waals surface area (Å²) in [6, 6.07) is 11.9. The van der Waals surface area contributed by atoms with Gasteiger partial charge in [0.1, 0.15) is 5.75 Å². The van der Waals surface area contributed by atoms with E-state index in [1.807, 2.05) is 0 Å². The molecule has 0 bridgehead atoms. The van der Waals surface area contributed by atoms with Crippen LogP contribution in [0.25, 0.3) is 0 Å². The van der Waals surface area contributed by atoms with E-state index in [-0.39, 0.29) is 17.9 Å². The zero-order chi connectivity index (χ0) is 19.4. The second kappa shape index (κ2) is 8.63. The van der Waals surface area contributed by atoms with Crippen molar-refractivity contribution in [3.05, 3.63) is 63.6 Å². The van der Waals surface area contributed by atoms with Crippen LogP contribution >= 0.6 is 23.2 Å². The zero-order valence-electron chi connectivity index (χ0n) is 14.9. The Morgan fingerprint density at radius 3 is 2.22 bits per heavy atom. The number of piperidine rings is 1. The maximum atomic E-state index is 12.6. The standard InChI is InChI=1S/C20H20Cl2N2O3/c1-27-16-5-2-13(3-6-16)19(25)23-15-8-10-24(11-9-15)20(26)14-4-7-17(21)18(22)12-14/h2-7,12,15H,8-11H2,1H3,(H,23,25). The number of benzene rings is 2. The van der Waals surface area contributed by atoms with Gasteiger partial charge in [-0.2, -0.15) is 0 Å². The molecule has 0 aliphatic carbocycles. The van der Waals surface area contributed by atoms with Gasteiger partial charge in [0, 0.05) is 30.3 Å². The molecule has 1 aliphatic heterocycles. The first-order valence-electron chi connectivity index (χ1n) is 8.67. The molecule has 0 atom stereocenters. The molecule has 2 amide bonds. The minimum absolute atomic E-state index is 0.0393. The molecule has 1 aliphatic rings.